The summed E-state index contributed by atoms with van der Waals surface area (Å²) in [4.78, 5) is 55.3. The average molecular weight is 629 g/mol. The largest absolute Gasteiger partial charge is 0.344 e. The standard InChI is InChI=1S/C32H45FN6O4S/c1-5-27(41)36-29(32(43)37-15-17-44-18-16-37)22(4)24-11-12-26(25(33)19-24)35-31(42)30(23-9-7-21(3)8-10-23)38(20-40)28-13-14-34-39(28)6-2/h11-14,19-23,29-30H,5-10,15-18H2,1-4H3,(H,35,42)(H,36,41)/t21?,22-,23?,29+,30-/m0/s1. The molecule has 2 heterocycles. The maximum Gasteiger partial charge on any atom is 0.247 e. The highest BCUT2D eigenvalue weighted by molar-refractivity contribution is 7.99. The molecule has 12 heteroatoms. The molecule has 0 spiro atoms. The first-order chi connectivity index (χ1) is 21.2. The molecule has 2 fully saturated rings. The Bertz CT molecular complexity index is 1310. The molecule has 240 valence electrons. The van der Waals surface area contributed by atoms with Gasteiger partial charge in [0.1, 0.15) is 23.7 Å². The zero-order valence-corrected chi connectivity index (χ0v) is 26.9. The number of carbonyl (C=O) groups is 4. The fourth-order valence-corrected chi connectivity index (χ4v) is 7.09. The van der Waals surface area contributed by atoms with Crippen molar-refractivity contribution in [1.82, 2.24) is 20.0 Å². The zero-order chi connectivity index (χ0) is 31.8. The highest BCUT2D eigenvalue weighted by Crippen LogP contribution is 2.35. The molecule has 1 aromatic heterocycles. The van der Waals surface area contributed by atoms with Gasteiger partial charge in [-0.1, -0.05) is 39.7 Å². The van der Waals surface area contributed by atoms with E-state index in [1.54, 1.807) is 53.5 Å². The summed E-state index contributed by atoms with van der Waals surface area (Å²) in [5.74, 6) is 0.568. The van der Waals surface area contributed by atoms with Gasteiger partial charge in [-0.3, -0.25) is 24.1 Å². The van der Waals surface area contributed by atoms with Crippen molar-refractivity contribution < 1.29 is 23.6 Å². The number of hydrogen-bond acceptors (Lipinski definition) is 6. The number of hydrogen-bond donors (Lipinski definition) is 2. The molecule has 0 radical (unpaired) electrons. The number of rotatable bonds is 12. The van der Waals surface area contributed by atoms with Crippen LogP contribution in [0.15, 0.2) is 30.5 Å². The Morgan fingerprint density at radius 2 is 1.84 bits per heavy atom. The summed E-state index contributed by atoms with van der Waals surface area (Å²) in [6, 6.07) is 4.50. The first-order valence-electron chi connectivity index (χ1n) is 15.7. The lowest BCUT2D eigenvalue weighted by atomic mass is 9.78. The summed E-state index contributed by atoms with van der Waals surface area (Å²) in [5, 5.41) is 9.88. The van der Waals surface area contributed by atoms with Crippen LogP contribution in [-0.4, -0.2) is 75.5 Å². The van der Waals surface area contributed by atoms with Crippen LogP contribution in [0.1, 0.15) is 71.3 Å². The molecule has 3 atom stereocenters. The first-order valence-corrected chi connectivity index (χ1v) is 16.9. The van der Waals surface area contributed by atoms with Crippen molar-refractivity contribution in [3.8, 4) is 0 Å². The van der Waals surface area contributed by atoms with Crippen molar-refractivity contribution in [3.05, 3.63) is 41.8 Å². The third-order valence-corrected chi connectivity index (χ3v) is 9.89. The molecule has 4 amide bonds. The topological polar surface area (TPSA) is 117 Å². The summed E-state index contributed by atoms with van der Waals surface area (Å²) in [7, 11) is 0. The third-order valence-electron chi connectivity index (χ3n) is 8.95. The van der Waals surface area contributed by atoms with Crippen molar-refractivity contribution >= 4 is 47.4 Å². The summed E-state index contributed by atoms with van der Waals surface area (Å²) >= 11 is 1.78. The molecule has 2 N–H and O–H groups in total. The van der Waals surface area contributed by atoms with Crippen LogP contribution >= 0.6 is 11.8 Å². The Balaban J connectivity index is 1.57. The second-order valence-corrected chi connectivity index (χ2v) is 13.1. The highest BCUT2D eigenvalue weighted by Gasteiger charge is 2.38. The van der Waals surface area contributed by atoms with Crippen LogP contribution in [0.2, 0.25) is 0 Å². The van der Waals surface area contributed by atoms with Gasteiger partial charge >= 0.3 is 0 Å². The van der Waals surface area contributed by atoms with Crippen LogP contribution in [0.5, 0.6) is 0 Å². The molecule has 4 rings (SSSR count). The van der Waals surface area contributed by atoms with Crippen molar-refractivity contribution in [2.75, 3.05) is 34.8 Å². The van der Waals surface area contributed by atoms with Crippen LogP contribution < -0.4 is 15.5 Å². The van der Waals surface area contributed by atoms with E-state index in [1.165, 1.54) is 17.0 Å². The molecule has 1 aliphatic carbocycles. The van der Waals surface area contributed by atoms with Gasteiger partial charge in [-0.15, -0.1) is 0 Å². The Hall–Kier alpha value is -3.41. The van der Waals surface area contributed by atoms with Gasteiger partial charge in [-0.05, 0) is 49.3 Å². The predicted octanol–water partition coefficient (Wildman–Crippen LogP) is 4.41. The number of amides is 4. The van der Waals surface area contributed by atoms with Crippen LogP contribution in [0.3, 0.4) is 0 Å². The Labute approximate surface area is 263 Å². The predicted molar refractivity (Wildman–Crippen MR) is 171 cm³/mol. The number of benzene rings is 1. The Kier molecular flexibility index (Phi) is 11.8. The summed E-state index contributed by atoms with van der Waals surface area (Å²) < 4.78 is 17.3. The summed E-state index contributed by atoms with van der Waals surface area (Å²) in [5.41, 5.74) is 0.518. The Morgan fingerprint density at radius 3 is 2.45 bits per heavy atom. The number of nitrogens with zero attached hydrogens (tertiary/aromatic N) is 4. The highest BCUT2D eigenvalue weighted by atomic mass is 32.2. The number of anilines is 2. The van der Waals surface area contributed by atoms with Crippen LogP contribution in [0, 0.1) is 17.7 Å². The normalized spacial score (nSPS) is 20.7. The number of thioether (sulfide) groups is 1. The van der Waals surface area contributed by atoms with E-state index in [2.05, 4.69) is 22.7 Å². The van der Waals surface area contributed by atoms with Gasteiger partial charge in [-0.2, -0.15) is 16.9 Å². The minimum absolute atomic E-state index is 0.0106. The SMILES string of the molecule is CCC(=O)N[C@@H](C(=O)N1CCSCC1)[C@@H](C)c1ccc(NC(=O)[C@H](C2CCC(C)CC2)N(C=O)c2ccnn2CC)c(F)c1. The fraction of sp³-hybridized carbons (Fsp3) is 0.594. The molecule has 0 unspecified atom stereocenters. The van der Waals surface area contributed by atoms with Crippen LogP contribution in [0.4, 0.5) is 15.9 Å². The molecule has 10 nitrogen and oxygen atoms in total. The van der Waals surface area contributed by atoms with E-state index in [0.29, 0.717) is 43.3 Å². The van der Waals surface area contributed by atoms with Gasteiger partial charge in [-0.25, -0.2) is 9.07 Å². The van der Waals surface area contributed by atoms with Gasteiger partial charge in [0.2, 0.25) is 24.1 Å². The zero-order valence-electron chi connectivity index (χ0n) is 26.1. The number of aromatic nitrogens is 2. The molecular weight excluding hydrogens is 583 g/mol. The lowest BCUT2D eigenvalue weighted by molar-refractivity contribution is -0.136. The van der Waals surface area contributed by atoms with E-state index in [0.717, 1.165) is 37.2 Å². The number of carbonyl (C=O) groups excluding carboxylic acids is 4. The van der Waals surface area contributed by atoms with Gasteiger partial charge in [0, 0.05) is 49.5 Å². The van der Waals surface area contributed by atoms with E-state index in [-0.39, 0.29) is 29.8 Å². The fourth-order valence-electron chi connectivity index (χ4n) is 6.19. The quantitative estimate of drug-likeness (QED) is 0.337. The summed E-state index contributed by atoms with van der Waals surface area (Å²) in [6.07, 6.45) is 5.92. The molecule has 0 bridgehead atoms. The monoisotopic (exact) mass is 628 g/mol. The second kappa shape index (κ2) is 15.5. The Morgan fingerprint density at radius 1 is 1.14 bits per heavy atom. The smallest absolute Gasteiger partial charge is 0.247 e. The molecule has 44 heavy (non-hydrogen) atoms. The van der Waals surface area contributed by atoms with Crippen LogP contribution in [0.25, 0.3) is 0 Å². The van der Waals surface area contributed by atoms with Gasteiger partial charge in [0.25, 0.3) is 0 Å². The minimum atomic E-state index is -0.840. The van der Waals surface area contributed by atoms with Crippen molar-refractivity contribution in [3.63, 3.8) is 0 Å². The van der Waals surface area contributed by atoms with E-state index in [1.807, 2.05) is 6.92 Å². The number of aryl methyl sites for hydroxylation is 1. The maximum absolute atomic E-state index is 15.7. The molecule has 2 aromatic rings. The van der Waals surface area contributed by atoms with E-state index < -0.39 is 29.7 Å². The molecule has 2 aliphatic rings. The third kappa shape index (κ3) is 7.80. The second-order valence-electron chi connectivity index (χ2n) is 11.8. The van der Waals surface area contributed by atoms with Crippen molar-refractivity contribution in [1.29, 1.82) is 0 Å². The average Bonchev–Trinajstić information content (AvgIpc) is 3.52. The lowest BCUT2D eigenvalue weighted by Crippen LogP contribution is -2.52. The first kappa shape index (κ1) is 33.5. The maximum atomic E-state index is 15.7. The van der Waals surface area contributed by atoms with E-state index in [9.17, 15) is 19.2 Å². The molecule has 1 aliphatic heterocycles. The van der Waals surface area contributed by atoms with Gasteiger partial charge in [0.15, 0.2) is 0 Å². The van der Waals surface area contributed by atoms with Crippen LogP contribution in [-0.2, 0) is 25.7 Å². The number of nitrogens with one attached hydrogen (secondary N) is 2. The van der Waals surface area contributed by atoms with Gasteiger partial charge < -0.3 is 15.5 Å². The van der Waals surface area contributed by atoms with E-state index >= 15 is 4.39 Å². The molecule has 1 saturated carbocycles. The summed E-state index contributed by atoms with van der Waals surface area (Å²) in [6.45, 7) is 9.34. The van der Waals surface area contributed by atoms with Crippen molar-refractivity contribution in [2.45, 2.75) is 84.3 Å². The number of halogens is 1. The molecule has 1 saturated heterocycles. The lowest BCUT2D eigenvalue weighted by Gasteiger charge is -2.37. The van der Waals surface area contributed by atoms with Gasteiger partial charge in [0.05, 0.1) is 11.9 Å². The minimum Gasteiger partial charge on any atom is -0.344 e. The molecule has 1 aromatic carbocycles. The molecular formula is C32H45FN6O4S. The van der Waals surface area contributed by atoms with Crippen molar-refractivity contribution in [2.24, 2.45) is 11.8 Å². The van der Waals surface area contributed by atoms with E-state index in [4.69, 9.17) is 0 Å².